The molecule has 3 aromatic rings. The zero-order valence-corrected chi connectivity index (χ0v) is 11.3. The summed E-state index contributed by atoms with van der Waals surface area (Å²) in [5.74, 6) is 0. The van der Waals surface area contributed by atoms with Crippen LogP contribution in [0.4, 0.5) is 0 Å². The lowest BCUT2D eigenvalue weighted by Gasteiger charge is -2.10. The molecular weight excluding hydrogens is 272 g/mol. The number of halogens is 1. The zero-order valence-electron chi connectivity index (χ0n) is 10.5. The van der Waals surface area contributed by atoms with Crippen LogP contribution in [0.1, 0.15) is 5.56 Å². The SMILES string of the molecule is O=CNN=Cc1c2ccccc2c(Cl)c2ccccc12. The van der Waals surface area contributed by atoms with E-state index in [1.165, 1.54) is 0 Å². The van der Waals surface area contributed by atoms with Crippen molar-refractivity contribution in [2.24, 2.45) is 5.10 Å². The molecule has 98 valence electrons. The predicted octanol–water partition coefficient (Wildman–Crippen LogP) is 3.73. The highest BCUT2D eigenvalue weighted by Gasteiger charge is 2.10. The van der Waals surface area contributed by atoms with Gasteiger partial charge in [-0.15, -0.1) is 0 Å². The molecule has 0 heterocycles. The third kappa shape index (κ3) is 2.02. The molecule has 0 fully saturated rings. The molecule has 0 saturated heterocycles. The highest BCUT2D eigenvalue weighted by Crippen LogP contribution is 2.35. The summed E-state index contributed by atoms with van der Waals surface area (Å²) in [6.07, 6.45) is 2.19. The van der Waals surface area contributed by atoms with E-state index in [2.05, 4.69) is 10.5 Å². The summed E-state index contributed by atoms with van der Waals surface area (Å²) in [5, 5.41) is 8.60. The molecule has 0 saturated carbocycles. The van der Waals surface area contributed by atoms with E-state index in [1.54, 1.807) is 6.21 Å². The Morgan fingerprint density at radius 1 is 0.900 bits per heavy atom. The Hall–Kier alpha value is -2.39. The molecule has 0 aliphatic rings. The quantitative estimate of drug-likeness (QED) is 0.338. The number of fused-ring (bicyclic) bond motifs is 2. The van der Waals surface area contributed by atoms with E-state index >= 15 is 0 Å². The number of hydrogen-bond acceptors (Lipinski definition) is 2. The third-order valence-corrected chi connectivity index (χ3v) is 3.64. The first-order valence-corrected chi connectivity index (χ1v) is 6.52. The van der Waals surface area contributed by atoms with E-state index in [1.807, 2.05) is 48.5 Å². The van der Waals surface area contributed by atoms with Crippen LogP contribution in [0, 0.1) is 0 Å². The monoisotopic (exact) mass is 282 g/mol. The lowest BCUT2D eigenvalue weighted by Crippen LogP contribution is -2.01. The van der Waals surface area contributed by atoms with Crippen molar-refractivity contribution in [2.75, 3.05) is 0 Å². The minimum atomic E-state index is 0.538. The van der Waals surface area contributed by atoms with Crippen molar-refractivity contribution in [2.45, 2.75) is 0 Å². The van der Waals surface area contributed by atoms with Gasteiger partial charge in [0.05, 0.1) is 11.2 Å². The molecule has 20 heavy (non-hydrogen) atoms. The van der Waals surface area contributed by atoms with Crippen molar-refractivity contribution < 1.29 is 4.79 Å². The Balaban J connectivity index is 2.43. The van der Waals surface area contributed by atoms with E-state index in [4.69, 9.17) is 11.6 Å². The second-order valence-electron chi connectivity index (χ2n) is 4.32. The molecule has 4 heteroatoms. The fraction of sp³-hybridized carbons (Fsp3) is 0. The van der Waals surface area contributed by atoms with Crippen LogP contribution >= 0.6 is 11.6 Å². The molecule has 3 rings (SSSR count). The molecule has 0 radical (unpaired) electrons. The van der Waals surface area contributed by atoms with E-state index in [9.17, 15) is 4.79 Å². The van der Waals surface area contributed by atoms with Gasteiger partial charge in [0.2, 0.25) is 6.41 Å². The number of benzene rings is 3. The Labute approximate surface area is 120 Å². The van der Waals surface area contributed by atoms with Gasteiger partial charge in [-0.1, -0.05) is 60.1 Å². The second-order valence-corrected chi connectivity index (χ2v) is 4.70. The molecule has 1 amide bonds. The highest BCUT2D eigenvalue weighted by molar-refractivity contribution is 6.42. The molecule has 1 N–H and O–H groups in total. The maximum absolute atomic E-state index is 10.3. The average molecular weight is 283 g/mol. The van der Waals surface area contributed by atoms with E-state index in [-0.39, 0.29) is 0 Å². The van der Waals surface area contributed by atoms with Crippen molar-refractivity contribution in [3.05, 3.63) is 59.1 Å². The largest absolute Gasteiger partial charge is 0.277 e. The Morgan fingerprint density at radius 3 is 1.90 bits per heavy atom. The molecule has 0 unspecified atom stereocenters. The molecule has 0 bridgehead atoms. The van der Waals surface area contributed by atoms with Gasteiger partial charge >= 0.3 is 0 Å². The Kier molecular flexibility index (Phi) is 3.35. The summed E-state index contributed by atoms with van der Waals surface area (Å²) in [7, 11) is 0. The average Bonchev–Trinajstić information content (AvgIpc) is 2.51. The molecule has 0 atom stereocenters. The topological polar surface area (TPSA) is 41.5 Å². The highest BCUT2D eigenvalue weighted by atomic mass is 35.5. The summed E-state index contributed by atoms with van der Waals surface area (Å²) >= 11 is 6.49. The van der Waals surface area contributed by atoms with Crippen molar-refractivity contribution in [1.29, 1.82) is 0 Å². The van der Waals surface area contributed by atoms with Crippen molar-refractivity contribution >= 4 is 45.8 Å². The first-order valence-electron chi connectivity index (χ1n) is 6.14. The van der Waals surface area contributed by atoms with Gasteiger partial charge in [-0.3, -0.25) is 4.79 Å². The van der Waals surface area contributed by atoms with Crippen LogP contribution in [0.15, 0.2) is 53.6 Å². The summed E-state index contributed by atoms with van der Waals surface area (Å²) < 4.78 is 0. The second kappa shape index (κ2) is 5.31. The summed E-state index contributed by atoms with van der Waals surface area (Å²) in [5.41, 5.74) is 3.24. The summed E-state index contributed by atoms with van der Waals surface area (Å²) in [6.45, 7) is 0. The lowest BCUT2D eigenvalue weighted by atomic mass is 9.97. The van der Waals surface area contributed by atoms with Gasteiger partial charge in [0.25, 0.3) is 0 Å². The van der Waals surface area contributed by atoms with Gasteiger partial charge in [-0.25, -0.2) is 5.43 Å². The Bertz CT molecular complexity index is 770. The van der Waals surface area contributed by atoms with Crippen LogP contribution in [-0.4, -0.2) is 12.6 Å². The predicted molar refractivity (Wildman–Crippen MR) is 83.3 cm³/mol. The standard InChI is InChI=1S/C16H11ClN2O/c17-16-13-7-3-1-5-11(13)15(9-18-19-10-20)12-6-2-4-8-14(12)16/h1-10H,(H,19,20). The molecule has 3 nitrogen and oxygen atoms in total. The van der Waals surface area contributed by atoms with Gasteiger partial charge in [0.1, 0.15) is 0 Å². The van der Waals surface area contributed by atoms with Crippen molar-refractivity contribution in [3.8, 4) is 0 Å². The van der Waals surface area contributed by atoms with E-state index in [0.29, 0.717) is 6.41 Å². The van der Waals surface area contributed by atoms with Crippen molar-refractivity contribution in [1.82, 2.24) is 5.43 Å². The van der Waals surface area contributed by atoms with Crippen LogP contribution < -0.4 is 5.43 Å². The summed E-state index contributed by atoms with van der Waals surface area (Å²) in [4.78, 5) is 10.3. The number of rotatable bonds is 3. The van der Waals surface area contributed by atoms with Gasteiger partial charge in [0, 0.05) is 16.3 Å². The first-order chi connectivity index (χ1) is 9.83. The van der Waals surface area contributed by atoms with Gasteiger partial charge in [-0.2, -0.15) is 5.10 Å². The van der Waals surface area contributed by atoms with Crippen LogP contribution in [-0.2, 0) is 4.79 Å². The number of nitrogens with zero attached hydrogens (tertiary/aromatic N) is 1. The van der Waals surface area contributed by atoms with Gasteiger partial charge in [0.15, 0.2) is 0 Å². The number of hydrogen-bond donors (Lipinski definition) is 1. The normalized spacial score (nSPS) is 11.2. The Morgan fingerprint density at radius 2 is 1.40 bits per heavy atom. The number of nitrogens with one attached hydrogen (secondary N) is 1. The molecule has 0 aromatic heterocycles. The van der Waals surface area contributed by atoms with Gasteiger partial charge < -0.3 is 0 Å². The minimum Gasteiger partial charge on any atom is -0.277 e. The van der Waals surface area contributed by atoms with Crippen LogP contribution in [0.3, 0.4) is 0 Å². The molecular formula is C16H11ClN2O. The fourth-order valence-corrected chi connectivity index (χ4v) is 2.71. The summed E-state index contributed by atoms with van der Waals surface area (Å²) in [6, 6.07) is 15.8. The number of hydrazone groups is 1. The molecule has 0 aliphatic heterocycles. The maximum atomic E-state index is 10.3. The zero-order chi connectivity index (χ0) is 13.9. The lowest BCUT2D eigenvalue weighted by molar-refractivity contribution is -0.109. The van der Waals surface area contributed by atoms with E-state index < -0.39 is 0 Å². The van der Waals surface area contributed by atoms with E-state index in [0.717, 1.165) is 32.1 Å². The van der Waals surface area contributed by atoms with Crippen LogP contribution in [0.2, 0.25) is 5.02 Å². The van der Waals surface area contributed by atoms with Crippen LogP contribution in [0.25, 0.3) is 21.5 Å². The van der Waals surface area contributed by atoms with Gasteiger partial charge in [-0.05, 0) is 10.8 Å². The number of carbonyl (C=O) groups excluding carboxylic acids is 1. The maximum Gasteiger partial charge on any atom is 0.227 e. The molecule has 0 aliphatic carbocycles. The van der Waals surface area contributed by atoms with Crippen molar-refractivity contribution in [3.63, 3.8) is 0 Å². The third-order valence-electron chi connectivity index (χ3n) is 3.23. The molecule has 3 aromatic carbocycles. The minimum absolute atomic E-state index is 0.538. The van der Waals surface area contributed by atoms with Crippen LogP contribution in [0.5, 0.6) is 0 Å². The fourth-order valence-electron chi connectivity index (χ4n) is 2.38. The number of amides is 1. The number of carbonyl (C=O) groups is 1. The smallest absolute Gasteiger partial charge is 0.227 e. The first kappa shape index (κ1) is 12.6. The molecule has 0 spiro atoms.